The number of fused-ring (bicyclic) bond motifs is 2. The molecule has 0 spiro atoms. The summed E-state index contributed by atoms with van der Waals surface area (Å²) in [5, 5.41) is 17.6. The fourth-order valence-corrected chi connectivity index (χ4v) is 6.54. The topological polar surface area (TPSA) is 105 Å². The largest absolute Gasteiger partial charge is 0.478 e. The van der Waals surface area contributed by atoms with E-state index in [1.54, 1.807) is 37.3 Å². The fourth-order valence-electron chi connectivity index (χ4n) is 5.96. The number of amides is 2. The molecule has 3 aromatic rings. The highest BCUT2D eigenvalue weighted by molar-refractivity contribution is 6.39. The summed E-state index contributed by atoms with van der Waals surface area (Å²) in [4.78, 5) is 26.4. The van der Waals surface area contributed by atoms with Crippen molar-refractivity contribution in [2.45, 2.75) is 76.2 Å². The highest BCUT2D eigenvalue weighted by atomic mass is 35.5. The highest BCUT2D eigenvalue weighted by Crippen LogP contribution is 2.46. The minimum Gasteiger partial charge on any atom is -0.478 e. The Balaban J connectivity index is 1.14. The van der Waals surface area contributed by atoms with Crippen LogP contribution in [0.3, 0.4) is 0 Å². The second-order valence-corrected chi connectivity index (χ2v) is 11.5. The first-order valence-electron chi connectivity index (χ1n) is 13.3. The van der Waals surface area contributed by atoms with Gasteiger partial charge in [0.25, 0.3) is 0 Å². The molecular weight excluding hydrogens is 541 g/mol. The summed E-state index contributed by atoms with van der Waals surface area (Å²) < 4.78 is 12.2. The van der Waals surface area contributed by atoms with Crippen molar-refractivity contribution in [2.24, 2.45) is 0 Å². The van der Waals surface area contributed by atoms with Gasteiger partial charge in [-0.1, -0.05) is 34.4 Å². The van der Waals surface area contributed by atoms with E-state index >= 15 is 0 Å². The number of carboxylic acid groups (broad SMARTS) is 1. The molecule has 3 heterocycles. The highest BCUT2D eigenvalue weighted by Gasteiger charge is 2.44. The van der Waals surface area contributed by atoms with Crippen LogP contribution in [0.4, 0.5) is 10.5 Å². The van der Waals surface area contributed by atoms with Gasteiger partial charge < -0.3 is 24.6 Å². The Morgan fingerprint density at radius 1 is 1.10 bits per heavy atom. The number of carbonyl (C=O) groups is 2. The van der Waals surface area contributed by atoms with E-state index in [0.29, 0.717) is 45.1 Å². The van der Waals surface area contributed by atoms with Crippen LogP contribution >= 0.6 is 23.2 Å². The number of halogens is 2. The van der Waals surface area contributed by atoms with Crippen LogP contribution in [-0.2, 0) is 11.3 Å². The van der Waals surface area contributed by atoms with Crippen molar-refractivity contribution in [3.8, 4) is 11.3 Å². The third-order valence-electron chi connectivity index (χ3n) is 8.07. The van der Waals surface area contributed by atoms with Gasteiger partial charge in [0.1, 0.15) is 11.5 Å². The first-order valence-corrected chi connectivity index (χ1v) is 14.0. The number of piperidine rings is 1. The Morgan fingerprint density at radius 3 is 2.41 bits per heavy atom. The van der Waals surface area contributed by atoms with E-state index in [2.05, 4.69) is 10.5 Å². The molecule has 39 heavy (non-hydrogen) atoms. The Hall–Kier alpha value is -3.07. The number of nitrogens with zero attached hydrogens (tertiary/aromatic N) is 2. The van der Waals surface area contributed by atoms with Crippen LogP contribution < -0.4 is 5.32 Å². The van der Waals surface area contributed by atoms with Gasteiger partial charge in [0.15, 0.2) is 0 Å². The second-order valence-electron chi connectivity index (χ2n) is 10.7. The zero-order valence-corrected chi connectivity index (χ0v) is 23.0. The third-order valence-corrected chi connectivity index (χ3v) is 8.70. The number of benzene rings is 2. The molecule has 2 aromatic carbocycles. The lowest BCUT2D eigenvalue weighted by molar-refractivity contribution is -0.0158. The monoisotopic (exact) mass is 569 g/mol. The minimum atomic E-state index is -0.992. The third kappa shape index (κ3) is 5.13. The minimum absolute atomic E-state index is 0.000318. The second kappa shape index (κ2) is 10.5. The van der Waals surface area contributed by atoms with Gasteiger partial charge in [0, 0.05) is 34.8 Å². The number of hydrogen-bond donors (Lipinski definition) is 2. The molecule has 0 radical (unpaired) electrons. The lowest BCUT2D eigenvalue weighted by Gasteiger charge is -2.38. The van der Waals surface area contributed by atoms with Gasteiger partial charge in [-0.05, 0) is 81.3 Å². The number of carbonyl (C=O) groups excluding carboxylic acids is 1. The Kier molecular flexibility index (Phi) is 7.04. The van der Waals surface area contributed by atoms with Gasteiger partial charge >= 0.3 is 12.0 Å². The maximum absolute atomic E-state index is 13.3. The average Bonchev–Trinajstić information content (AvgIpc) is 3.60. The van der Waals surface area contributed by atoms with Crippen LogP contribution in [0, 0.1) is 6.92 Å². The normalized spacial score (nSPS) is 22.2. The number of ether oxygens (including phenoxy) is 1. The number of anilines is 1. The predicted molar refractivity (Wildman–Crippen MR) is 148 cm³/mol. The van der Waals surface area contributed by atoms with Crippen molar-refractivity contribution >= 4 is 40.9 Å². The van der Waals surface area contributed by atoms with E-state index in [4.69, 9.17) is 32.5 Å². The number of aryl methyl sites for hydroxylation is 1. The number of nitrogens with one attached hydrogen (secondary N) is 1. The number of aromatic carboxylic acids is 1. The SMILES string of the molecule is Cc1cc(C(=O)O)ccc1NC(=O)N1C2CCC1CC(OCc1c(-c3c(Cl)cccc3Cl)noc1C1CC1)C2. The summed E-state index contributed by atoms with van der Waals surface area (Å²) in [6.45, 7) is 2.14. The van der Waals surface area contributed by atoms with Crippen molar-refractivity contribution in [3.05, 3.63) is 68.9 Å². The van der Waals surface area contributed by atoms with Crippen molar-refractivity contribution in [1.82, 2.24) is 10.1 Å². The van der Waals surface area contributed by atoms with Gasteiger partial charge in [-0.3, -0.25) is 0 Å². The standard InChI is InChI=1S/C29H29Cl2N3O5/c1-15-11-17(28(35)36)7-10-24(15)32-29(37)34-18-8-9-19(34)13-20(12-18)38-14-21-26(33-39-27(21)16-5-6-16)25-22(30)3-2-4-23(25)31/h2-4,7,10-11,16,18-20H,5-6,8-9,12-14H2,1H3,(H,32,37)(H,35,36). The molecule has 2 amide bonds. The van der Waals surface area contributed by atoms with Gasteiger partial charge in [-0.15, -0.1) is 0 Å². The summed E-state index contributed by atoms with van der Waals surface area (Å²) >= 11 is 13.0. The summed E-state index contributed by atoms with van der Waals surface area (Å²) in [5.74, 6) is 0.208. The molecule has 10 heteroatoms. The van der Waals surface area contributed by atoms with Crippen LogP contribution in [0.2, 0.25) is 10.0 Å². The summed E-state index contributed by atoms with van der Waals surface area (Å²) in [6.07, 6.45) is 5.47. The van der Waals surface area contributed by atoms with Gasteiger partial charge in [-0.25, -0.2) is 9.59 Å². The van der Waals surface area contributed by atoms with E-state index in [-0.39, 0.29) is 29.8 Å². The van der Waals surface area contributed by atoms with Crippen molar-refractivity contribution in [2.75, 3.05) is 5.32 Å². The zero-order chi connectivity index (χ0) is 27.3. The van der Waals surface area contributed by atoms with E-state index in [9.17, 15) is 14.7 Å². The number of urea groups is 1. The molecule has 2 aliphatic heterocycles. The fraction of sp³-hybridized carbons (Fsp3) is 0.414. The zero-order valence-electron chi connectivity index (χ0n) is 21.5. The quantitative estimate of drug-likeness (QED) is 0.310. The van der Waals surface area contributed by atoms with E-state index in [1.807, 2.05) is 4.90 Å². The number of carboxylic acids is 1. The van der Waals surface area contributed by atoms with E-state index < -0.39 is 5.97 Å². The molecule has 1 saturated carbocycles. The molecular formula is C29H29Cl2N3O5. The van der Waals surface area contributed by atoms with Gasteiger partial charge in [0.05, 0.1) is 28.3 Å². The lowest BCUT2D eigenvalue weighted by Crippen LogP contribution is -2.50. The van der Waals surface area contributed by atoms with Gasteiger partial charge in [0.2, 0.25) is 0 Å². The summed E-state index contributed by atoms with van der Waals surface area (Å²) in [6, 6.07) is 10.1. The predicted octanol–water partition coefficient (Wildman–Crippen LogP) is 7.28. The Morgan fingerprint density at radius 2 is 1.79 bits per heavy atom. The summed E-state index contributed by atoms with van der Waals surface area (Å²) in [5.41, 5.74) is 3.73. The maximum Gasteiger partial charge on any atom is 0.335 e. The number of hydrogen-bond acceptors (Lipinski definition) is 5. The molecule has 1 aliphatic carbocycles. The lowest BCUT2D eigenvalue weighted by atomic mass is 9.99. The number of rotatable bonds is 7. The molecule has 6 rings (SSSR count). The molecule has 3 aliphatic rings. The maximum atomic E-state index is 13.3. The van der Waals surface area contributed by atoms with Crippen LogP contribution in [0.15, 0.2) is 40.9 Å². The Bertz CT molecular complexity index is 1400. The first-order chi connectivity index (χ1) is 18.8. The van der Waals surface area contributed by atoms with Crippen molar-refractivity contribution in [3.63, 3.8) is 0 Å². The summed E-state index contributed by atoms with van der Waals surface area (Å²) in [7, 11) is 0. The van der Waals surface area contributed by atoms with E-state index in [1.165, 1.54) is 6.07 Å². The number of aromatic nitrogens is 1. The van der Waals surface area contributed by atoms with Crippen molar-refractivity contribution in [1.29, 1.82) is 0 Å². The molecule has 2 saturated heterocycles. The smallest absolute Gasteiger partial charge is 0.335 e. The molecule has 3 fully saturated rings. The first kappa shape index (κ1) is 26.2. The molecule has 204 valence electrons. The van der Waals surface area contributed by atoms with Crippen molar-refractivity contribution < 1.29 is 24.0 Å². The van der Waals surface area contributed by atoms with Gasteiger partial charge in [-0.2, -0.15) is 0 Å². The molecule has 2 atom stereocenters. The molecule has 8 nitrogen and oxygen atoms in total. The average molecular weight is 570 g/mol. The molecule has 2 unspecified atom stereocenters. The molecule has 2 N–H and O–H groups in total. The van der Waals surface area contributed by atoms with Crippen LogP contribution in [0.25, 0.3) is 11.3 Å². The van der Waals surface area contributed by atoms with Crippen LogP contribution in [-0.4, -0.2) is 45.4 Å². The molecule has 1 aromatic heterocycles. The van der Waals surface area contributed by atoms with Crippen LogP contribution in [0.5, 0.6) is 0 Å². The molecule has 2 bridgehead atoms. The van der Waals surface area contributed by atoms with Crippen LogP contribution in [0.1, 0.15) is 71.7 Å². The Labute approximate surface area is 236 Å². The van der Waals surface area contributed by atoms with E-state index in [0.717, 1.165) is 49.8 Å².